The maximum atomic E-state index is 11.3. The number of hydrogen-bond donors (Lipinski definition) is 2. The molecule has 0 fully saturated rings. The minimum atomic E-state index is -1.69. The second kappa shape index (κ2) is 2.77. The highest BCUT2D eigenvalue weighted by Gasteiger charge is 2.43. The van der Waals surface area contributed by atoms with E-state index in [0.29, 0.717) is 0 Å². The molecule has 1 atom stereocenters. The van der Waals surface area contributed by atoms with E-state index in [4.69, 9.17) is 0 Å². The van der Waals surface area contributed by atoms with Crippen molar-refractivity contribution in [2.75, 3.05) is 5.32 Å². The predicted molar refractivity (Wildman–Crippen MR) is 51.3 cm³/mol. The van der Waals surface area contributed by atoms with Crippen LogP contribution < -0.4 is 5.32 Å². The van der Waals surface area contributed by atoms with Crippen molar-refractivity contribution in [1.29, 1.82) is 0 Å². The molecule has 0 aromatic heterocycles. The molecule has 15 heavy (non-hydrogen) atoms. The number of aliphatic hydroxyl groups is 1. The third-order valence-electron chi connectivity index (χ3n) is 2.44. The lowest BCUT2D eigenvalue weighted by atomic mass is 9.97. The van der Waals surface area contributed by atoms with Crippen LogP contribution in [0.1, 0.15) is 12.5 Å². The van der Waals surface area contributed by atoms with Crippen LogP contribution in [0.5, 0.6) is 0 Å². The summed E-state index contributed by atoms with van der Waals surface area (Å²) in [6.45, 7) is 1.30. The van der Waals surface area contributed by atoms with Gasteiger partial charge in [0.25, 0.3) is 11.6 Å². The fraction of sp³-hybridized carbons (Fsp3) is 0.222. The number of fused-ring (bicyclic) bond motifs is 1. The Balaban J connectivity index is 2.68. The van der Waals surface area contributed by atoms with Crippen molar-refractivity contribution in [3.63, 3.8) is 0 Å². The SMILES string of the molecule is CC1(O)C(=O)Nc2c([N+](=O)[O-])cccc21. The predicted octanol–water partition coefficient (Wildman–Crippen LogP) is 0.754. The van der Waals surface area contributed by atoms with Crippen molar-refractivity contribution in [2.24, 2.45) is 0 Å². The Hall–Kier alpha value is -1.95. The van der Waals surface area contributed by atoms with Gasteiger partial charge in [-0.25, -0.2) is 0 Å². The summed E-state index contributed by atoms with van der Waals surface area (Å²) in [6, 6.07) is 4.20. The first-order valence-electron chi connectivity index (χ1n) is 4.26. The number of carbonyl (C=O) groups is 1. The smallest absolute Gasteiger partial charge is 0.293 e. The fourth-order valence-corrected chi connectivity index (χ4v) is 1.59. The molecular weight excluding hydrogens is 200 g/mol. The molecule has 0 spiro atoms. The van der Waals surface area contributed by atoms with E-state index in [1.165, 1.54) is 25.1 Å². The number of nitrogens with zero attached hydrogens (tertiary/aromatic N) is 1. The molecule has 0 aliphatic carbocycles. The Bertz CT molecular complexity index is 467. The van der Waals surface area contributed by atoms with Crippen molar-refractivity contribution in [3.8, 4) is 0 Å². The van der Waals surface area contributed by atoms with Gasteiger partial charge < -0.3 is 10.4 Å². The summed E-state index contributed by atoms with van der Waals surface area (Å²) < 4.78 is 0. The van der Waals surface area contributed by atoms with E-state index in [9.17, 15) is 20.0 Å². The summed E-state index contributed by atoms with van der Waals surface area (Å²) in [6.07, 6.45) is 0. The van der Waals surface area contributed by atoms with Crippen LogP contribution in [-0.4, -0.2) is 15.9 Å². The molecule has 2 rings (SSSR count). The summed E-state index contributed by atoms with van der Waals surface area (Å²) in [5.74, 6) is -0.646. The molecule has 0 saturated carbocycles. The van der Waals surface area contributed by atoms with Gasteiger partial charge >= 0.3 is 0 Å². The second-order valence-electron chi connectivity index (χ2n) is 3.48. The molecule has 1 aliphatic heterocycles. The van der Waals surface area contributed by atoms with Crippen LogP contribution in [0.2, 0.25) is 0 Å². The number of amides is 1. The van der Waals surface area contributed by atoms with E-state index in [1.54, 1.807) is 0 Å². The molecule has 1 aromatic carbocycles. The number of nitrogens with one attached hydrogen (secondary N) is 1. The summed E-state index contributed by atoms with van der Waals surface area (Å²) in [5, 5.41) is 22.7. The van der Waals surface area contributed by atoms with Crippen LogP contribution in [0, 0.1) is 10.1 Å². The van der Waals surface area contributed by atoms with Crippen LogP contribution in [0.25, 0.3) is 0 Å². The lowest BCUT2D eigenvalue weighted by molar-refractivity contribution is -0.384. The first-order valence-corrected chi connectivity index (χ1v) is 4.26. The zero-order chi connectivity index (χ0) is 11.2. The number of nitro groups is 1. The first kappa shape index (κ1) is 9.60. The number of carbonyl (C=O) groups excluding carboxylic acids is 1. The quantitative estimate of drug-likeness (QED) is 0.526. The lowest BCUT2D eigenvalue weighted by Crippen LogP contribution is -2.30. The van der Waals surface area contributed by atoms with Crippen LogP contribution in [-0.2, 0) is 10.4 Å². The minimum Gasteiger partial charge on any atom is -0.375 e. The van der Waals surface area contributed by atoms with Gasteiger partial charge in [-0.1, -0.05) is 12.1 Å². The molecule has 1 heterocycles. The number of nitro benzene ring substituents is 1. The molecule has 78 valence electrons. The van der Waals surface area contributed by atoms with Gasteiger partial charge in [-0.3, -0.25) is 14.9 Å². The summed E-state index contributed by atoms with van der Waals surface area (Å²) in [4.78, 5) is 21.4. The van der Waals surface area contributed by atoms with Gasteiger partial charge in [0.2, 0.25) is 0 Å². The zero-order valence-corrected chi connectivity index (χ0v) is 7.85. The minimum absolute atomic E-state index is 0.0810. The highest BCUT2D eigenvalue weighted by Crippen LogP contribution is 2.40. The van der Waals surface area contributed by atoms with Crippen molar-refractivity contribution >= 4 is 17.3 Å². The number of benzene rings is 1. The molecule has 1 aromatic rings. The Morgan fingerprint density at radius 1 is 1.53 bits per heavy atom. The Kier molecular flexibility index (Phi) is 1.77. The van der Waals surface area contributed by atoms with Crippen LogP contribution in [0.3, 0.4) is 0 Å². The highest BCUT2D eigenvalue weighted by molar-refractivity contribution is 6.06. The fourth-order valence-electron chi connectivity index (χ4n) is 1.59. The van der Waals surface area contributed by atoms with Gasteiger partial charge in [0.1, 0.15) is 5.69 Å². The van der Waals surface area contributed by atoms with Crippen molar-refractivity contribution in [3.05, 3.63) is 33.9 Å². The van der Waals surface area contributed by atoms with Gasteiger partial charge in [0.15, 0.2) is 5.60 Å². The second-order valence-corrected chi connectivity index (χ2v) is 3.48. The number of anilines is 1. The van der Waals surface area contributed by atoms with Crippen LogP contribution >= 0.6 is 0 Å². The van der Waals surface area contributed by atoms with Crippen LogP contribution in [0.15, 0.2) is 18.2 Å². The molecule has 6 heteroatoms. The van der Waals surface area contributed by atoms with Gasteiger partial charge in [-0.05, 0) is 6.92 Å². The van der Waals surface area contributed by atoms with Crippen molar-refractivity contribution < 1.29 is 14.8 Å². The van der Waals surface area contributed by atoms with E-state index in [0.717, 1.165) is 0 Å². The van der Waals surface area contributed by atoms with E-state index in [1.807, 2.05) is 0 Å². The third kappa shape index (κ3) is 1.18. The van der Waals surface area contributed by atoms with Gasteiger partial charge in [-0.15, -0.1) is 0 Å². The number of para-hydroxylation sites is 1. The molecule has 0 bridgehead atoms. The molecular formula is C9H8N2O4. The summed E-state index contributed by atoms with van der Waals surface area (Å²) in [7, 11) is 0. The Labute approximate surface area is 84.7 Å². The Morgan fingerprint density at radius 3 is 2.80 bits per heavy atom. The number of rotatable bonds is 1. The van der Waals surface area contributed by atoms with E-state index in [2.05, 4.69) is 5.32 Å². The van der Waals surface area contributed by atoms with E-state index >= 15 is 0 Å². The maximum absolute atomic E-state index is 11.3. The lowest BCUT2D eigenvalue weighted by Gasteiger charge is -2.12. The third-order valence-corrected chi connectivity index (χ3v) is 2.44. The van der Waals surface area contributed by atoms with Crippen molar-refractivity contribution in [2.45, 2.75) is 12.5 Å². The molecule has 1 amide bonds. The van der Waals surface area contributed by atoms with Gasteiger partial charge in [0, 0.05) is 11.6 Å². The highest BCUT2D eigenvalue weighted by atomic mass is 16.6. The molecule has 0 radical (unpaired) electrons. The Morgan fingerprint density at radius 2 is 2.20 bits per heavy atom. The molecule has 1 unspecified atom stereocenters. The number of hydrogen-bond acceptors (Lipinski definition) is 4. The summed E-state index contributed by atoms with van der Waals surface area (Å²) in [5.41, 5.74) is -1.58. The summed E-state index contributed by atoms with van der Waals surface area (Å²) >= 11 is 0. The standard InChI is InChI=1S/C9H8N2O4/c1-9(13)5-3-2-4-6(11(14)15)7(5)10-8(9)12/h2-4,13H,1H3,(H,10,12). The molecule has 0 saturated heterocycles. The first-order chi connectivity index (χ1) is 6.94. The zero-order valence-electron chi connectivity index (χ0n) is 7.85. The van der Waals surface area contributed by atoms with Crippen LogP contribution in [0.4, 0.5) is 11.4 Å². The normalized spacial score (nSPS) is 23.5. The van der Waals surface area contributed by atoms with Gasteiger partial charge in [0.05, 0.1) is 4.92 Å². The molecule has 1 aliphatic rings. The van der Waals surface area contributed by atoms with E-state index < -0.39 is 16.4 Å². The molecule has 2 N–H and O–H groups in total. The topological polar surface area (TPSA) is 92.5 Å². The largest absolute Gasteiger partial charge is 0.375 e. The average molecular weight is 208 g/mol. The molecule has 6 nitrogen and oxygen atoms in total. The average Bonchev–Trinajstić information content (AvgIpc) is 2.38. The maximum Gasteiger partial charge on any atom is 0.293 e. The van der Waals surface area contributed by atoms with E-state index in [-0.39, 0.29) is 16.9 Å². The van der Waals surface area contributed by atoms with Gasteiger partial charge in [-0.2, -0.15) is 0 Å². The monoisotopic (exact) mass is 208 g/mol. The van der Waals surface area contributed by atoms with Crippen molar-refractivity contribution in [1.82, 2.24) is 0 Å².